The first-order valence-electron chi connectivity index (χ1n) is 7.31. The highest BCUT2D eigenvalue weighted by atomic mass is 16.5. The maximum atomic E-state index is 12.1. The van der Waals surface area contributed by atoms with E-state index < -0.39 is 5.97 Å². The van der Waals surface area contributed by atoms with E-state index in [4.69, 9.17) is 14.3 Å². The zero-order valence-corrected chi connectivity index (χ0v) is 13.1. The zero-order valence-electron chi connectivity index (χ0n) is 13.1. The zero-order chi connectivity index (χ0) is 16.8. The number of hydrogen-bond donors (Lipinski definition) is 2. The van der Waals surface area contributed by atoms with E-state index in [0.717, 1.165) is 5.56 Å². The van der Waals surface area contributed by atoms with Crippen LogP contribution in [0.2, 0.25) is 0 Å². The molecule has 0 bridgehead atoms. The number of aromatic carboxylic acids is 1. The highest BCUT2D eigenvalue weighted by Gasteiger charge is 2.13. The number of amides is 1. The number of benzene rings is 1. The van der Waals surface area contributed by atoms with Crippen LogP contribution in [0.5, 0.6) is 5.75 Å². The molecule has 0 saturated carbocycles. The smallest absolute Gasteiger partial charge is 0.335 e. The largest absolute Gasteiger partial charge is 0.496 e. The molecule has 0 radical (unpaired) electrons. The summed E-state index contributed by atoms with van der Waals surface area (Å²) in [7, 11) is 1.49. The molecule has 2 aromatic rings. The second-order valence-electron chi connectivity index (χ2n) is 4.95. The standard InChI is InChI=1S/C17H19NO5/c1-3-14-13(7-9-23-14)16(19)18-8-6-11-4-5-12(17(20)21)10-15(11)22-2/h4-5,7,9-10H,3,6,8H2,1-2H3,(H,18,19)(H,20,21). The molecule has 0 saturated heterocycles. The molecular weight excluding hydrogens is 298 g/mol. The molecule has 23 heavy (non-hydrogen) atoms. The highest BCUT2D eigenvalue weighted by molar-refractivity contribution is 5.95. The van der Waals surface area contributed by atoms with E-state index in [-0.39, 0.29) is 11.5 Å². The van der Waals surface area contributed by atoms with Crippen LogP contribution in [0, 0.1) is 0 Å². The molecule has 2 rings (SSSR count). The van der Waals surface area contributed by atoms with Gasteiger partial charge in [0.1, 0.15) is 11.5 Å². The number of nitrogens with one attached hydrogen (secondary N) is 1. The summed E-state index contributed by atoms with van der Waals surface area (Å²) in [5.74, 6) is -0.0328. The van der Waals surface area contributed by atoms with Crippen molar-refractivity contribution in [2.45, 2.75) is 19.8 Å². The van der Waals surface area contributed by atoms with Crippen molar-refractivity contribution in [1.82, 2.24) is 5.32 Å². The summed E-state index contributed by atoms with van der Waals surface area (Å²) < 4.78 is 10.4. The summed E-state index contributed by atoms with van der Waals surface area (Å²) in [5, 5.41) is 11.8. The lowest BCUT2D eigenvalue weighted by Gasteiger charge is -2.10. The average Bonchev–Trinajstić information content (AvgIpc) is 3.03. The van der Waals surface area contributed by atoms with Crippen LogP contribution in [-0.4, -0.2) is 30.6 Å². The molecule has 1 aromatic carbocycles. The van der Waals surface area contributed by atoms with E-state index in [1.54, 1.807) is 12.1 Å². The van der Waals surface area contributed by atoms with Gasteiger partial charge in [-0.05, 0) is 30.2 Å². The Hall–Kier alpha value is -2.76. The van der Waals surface area contributed by atoms with Crippen molar-refractivity contribution in [3.63, 3.8) is 0 Å². The Kier molecular flexibility index (Phi) is 5.41. The quantitative estimate of drug-likeness (QED) is 0.819. The molecule has 0 fully saturated rings. The van der Waals surface area contributed by atoms with Crippen LogP contribution >= 0.6 is 0 Å². The number of carboxylic acids is 1. The van der Waals surface area contributed by atoms with Crippen LogP contribution < -0.4 is 10.1 Å². The molecule has 0 spiro atoms. The van der Waals surface area contributed by atoms with Crippen LogP contribution in [0.4, 0.5) is 0 Å². The van der Waals surface area contributed by atoms with Gasteiger partial charge in [-0.3, -0.25) is 4.79 Å². The predicted octanol–water partition coefficient (Wildman–Crippen LogP) is 2.52. The third-order valence-electron chi connectivity index (χ3n) is 3.53. The third kappa shape index (κ3) is 3.91. The maximum absolute atomic E-state index is 12.1. The molecule has 1 amide bonds. The minimum atomic E-state index is -1.00. The van der Waals surface area contributed by atoms with Crippen molar-refractivity contribution in [1.29, 1.82) is 0 Å². The fourth-order valence-corrected chi connectivity index (χ4v) is 2.31. The van der Waals surface area contributed by atoms with Gasteiger partial charge in [0.15, 0.2) is 0 Å². The molecule has 0 aliphatic rings. The Balaban J connectivity index is 1.98. The molecule has 6 heteroatoms. The first-order chi connectivity index (χ1) is 11.1. The fraction of sp³-hybridized carbons (Fsp3) is 0.294. The Morgan fingerprint density at radius 3 is 2.74 bits per heavy atom. The Morgan fingerprint density at radius 2 is 2.09 bits per heavy atom. The molecule has 1 heterocycles. The molecule has 6 nitrogen and oxygen atoms in total. The molecule has 0 aliphatic heterocycles. The van der Waals surface area contributed by atoms with Gasteiger partial charge in [-0.2, -0.15) is 0 Å². The lowest BCUT2D eigenvalue weighted by atomic mass is 10.1. The summed E-state index contributed by atoms with van der Waals surface area (Å²) in [6, 6.07) is 6.35. The topological polar surface area (TPSA) is 88.8 Å². The van der Waals surface area contributed by atoms with Crippen molar-refractivity contribution in [2.75, 3.05) is 13.7 Å². The molecule has 0 atom stereocenters. The summed E-state index contributed by atoms with van der Waals surface area (Å²) in [5.41, 5.74) is 1.54. The number of furan rings is 1. The molecule has 0 aliphatic carbocycles. The van der Waals surface area contributed by atoms with E-state index in [2.05, 4.69) is 5.32 Å². The summed E-state index contributed by atoms with van der Waals surface area (Å²) in [6.07, 6.45) is 2.69. The average molecular weight is 317 g/mol. The summed E-state index contributed by atoms with van der Waals surface area (Å²) >= 11 is 0. The Labute approximate surface area is 134 Å². The van der Waals surface area contributed by atoms with Gasteiger partial charge >= 0.3 is 5.97 Å². The van der Waals surface area contributed by atoms with E-state index >= 15 is 0 Å². The second-order valence-corrected chi connectivity index (χ2v) is 4.95. The monoisotopic (exact) mass is 317 g/mol. The maximum Gasteiger partial charge on any atom is 0.335 e. The minimum Gasteiger partial charge on any atom is -0.496 e. The second kappa shape index (κ2) is 7.49. The first kappa shape index (κ1) is 16.6. The highest BCUT2D eigenvalue weighted by Crippen LogP contribution is 2.20. The van der Waals surface area contributed by atoms with E-state index in [1.807, 2.05) is 6.92 Å². The summed E-state index contributed by atoms with van der Waals surface area (Å²) in [4.78, 5) is 23.0. The lowest BCUT2D eigenvalue weighted by molar-refractivity contribution is 0.0696. The number of aryl methyl sites for hydroxylation is 1. The van der Waals surface area contributed by atoms with Gasteiger partial charge in [0.25, 0.3) is 5.91 Å². The van der Waals surface area contributed by atoms with Crippen LogP contribution in [0.25, 0.3) is 0 Å². The van der Waals surface area contributed by atoms with Crippen LogP contribution in [0.1, 0.15) is 39.0 Å². The number of rotatable bonds is 7. The first-order valence-corrected chi connectivity index (χ1v) is 7.31. The van der Waals surface area contributed by atoms with Gasteiger partial charge in [0.05, 0.1) is 24.5 Å². The molecule has 122 valence electrons. The molecule has 1 aromatic heterocycles. The summed E-state index contributed by atoms with van der Waals surface area (Å²) in [6.45, 7) is 2.33. The number of methoxy groups -OCH3 is 1. The minimum absolute atomic E-state index is 0.167. The number of carbonyl (C=O) groups is 2. The molecule has 2 N–H and O–H groups in total. The van der Waals surface area contributed by atoms with Gasteiger partial charge in [-0.15, -0.1) is 0 Å². The number of carboxylic acid groups (broad SMARTS) is 1. The van der Waals surface area contributed by atoms with Crippen molar-refractivity contribution < 1.29 is 23.8 Å². The van der Waals surface area contributed by atoms with Gasteiger partial charge in [-0.1, -0.05) is 13.0 Å². The normalized spacial score (nSPS) is 10.3. The van der Waals surface area contributed by atoms with Crippen molar-refractivity contribution in [2.24, 2.45) is 0 Å². The van der Waals surface area contributed by atoms with Gasteiger partial charge < -0.3 is 19.6 Å². The SMILES string of the molecule is CCc1occc1C(=O)NCCc1ccc(C(=O)O)cc1OC. The number of hydrogen-bond acceptors (Lipinski definition) is 4. The number of ether oxygens (including phenoxy) is 1. The predicted molar refractivity (Wildman–Crippen MR) is 84.1 cm³/mol. The third-order valence-corrected chi connectivity index (χ3v) is 3.53. The molecule has 0 unspecified atom stereocenters. The Bertz CT molecular complexity index is 705. The van der Waals surface area contributed by atoms with Crippen LogP contribution in [0.15, 0.2) is 34.9 Å². The van der Waals surface area contributed by atoms with Gasteiger partial charge in [0.2, 0.25) is 0 Å². The Morgan fingerprint density at radius 1 is 1.30 bits per heavy atom. The van der Waals surface area contributed by atoms with Crippen molar-refractivity contribution >= 4 is 11.9 Å². The van der Waals surface area contributed by atoms with Crippen LogP contribution in [0.3, 0.4) is 0 Å². The van der Waals surface area contributed by atoms with E-state index in [1.165, 1.54) is 25.5 Å². The van der Waals surface area contributed by atoms with Crippen LogP contribution in [-0.2, 0) is 12.8 Å². The lowest BCUT2D eigenvalue weighted by Crippen LogP contribution is -2.26. The van der Waals surface area contributed by atoms with Gasteiger partial charge in [0, 0.05) is 13.0 Å². The van der Waals surface area contributed by atoms with Gasteiger partial charge in [-0.25, -0.2) is 4.79 Å². The van der Waals surface area contributed by atoms with Crippen molar-refractivity contribution in [3.05, 3.63) is 53.0 Å². The fourth-order valence-electron chi connectivity index (χ4n) is 2.31. The van der Waals surface area contributed by atoms with Crippen molar-refractivity contribution in [3.8, 4) is 5.75 Å². The number of carbonyl (C=O) groups excluding carboxylic acids is 1. The van der Waals surface area contributed by atoms with E-state index in [0.29, 0.717) is 36.5 Å². The molecular formula is C17H19NO5. The van der Waals surface area contributed by atoms with E-state index in [9.17, 15) is 9.59 Å².